The summed E-state index contributed by atoms with van der Waals surface area (Å²) in [6, 6.07) is 1.94. The fourth-order valence-corrected chi connectivity index (χ4v) is 1.18. The SMILES string of the molecule is CC(C)/C=C(C#N)\C(Cl)=N/C(C)(Cl)C=N. The summed E-state index contributed by atoms with van der Waals surface area (Å²) in [5.74, 6) is 0.199. The number of nitrogens with one attached hydrogen (secondary N) is 1. The maximum atomic E-state index is 8.83. The molecular formula is C10H13Cl2N3. The van der Waals surface area contributed by atoms with Crippen molar-refractivity contribution in [3.8, 4) is 6.07 Å². The molecule has 0 fully saturated rings. The van der Waals surface area contributed by atoms with E-state index in [0.717, 1.165) is 6.21 Å². The maximum Gasteiger partial charge on any atom is 0.167 e. The first-order valence-corrected chi connectivity index (χ1v) is 5.16. The fourth-order valence-electron chi connectivity index (χ4n) is 0.770. The van der Waals surface area contributed by atoms with Gasteiger partial charge in [0.1, 0.15) is 11.2 Å². The normalized spacial score (nSPS) is 17.1. The molecule has 1 atom stereocenters. The highest BCUT2D eigenvalue weighted by molar-refractivity contribution is 6.70. The van der Waals surface area contributed by atoms with Gasteiger partial charge in [0.2, 0.25) is 0 Å². The highest BCUT2D eigenvalue weighted by Crippen LogP contribution is 2.17. The summed E-state index contributed by atoms with van der Waals surface area (Å²) in [5, 5.41) is 15.9. The van der Waals surface area contributed by atoms with Crippen LogP contribution >= 0.6 is 23.2 Å². The lowest BCUT2D eigenvalue weighted by Gasteiger charge is -2.10. The van der Waals surface area contributed by atoms with Crippen molar-refractivity contribution in [1.29, 1.82) is 10.7 Å². The molecule has 82 valence electrons. The monoisotopic (exact) mass is 245 g/mol. The van der Waals surface area contributed by atoms with Crippen LogP contribution in [0.15, 0.2) is 16.6 Å². The van der Waals surface area contributed by atoms with Crippen LogP contribution in [0.3, 0.4) is 0 Å². The molecule has 0 radical (unpaired) electrons. The summed E-state index contributed by atoms with van der Waals surface area (Å²) in [7, 11) is 0. The number of nitriles is 1. The number of allylic oxidation sites excluding steroid dienone is 2. The Kier molecular flexibility index (Phi) is 5.56. The van der Waals surface area contributed by atoms with Crippen LogP contribution in [0.1, 0.15) is 20.8 Å². The summed E-state index contributed by atoms with van der Waals surface area (Å²) in [5.41, 5.74) is 0.278. The zero-order chi connectivity index (χ0) is 12.1. The Morgan fingerprint density at radius 1 is 1.60 bits per heavy atom. The van der Waals surface area contributed by atoms with Gasteiger partial charge in [0, 0.05) is 6.21 Å². The molecule has 0 saturated carbocycles. The summed E-state index contributed by atoms with van der Waals surface area (Å²) in [4.78, 5) is 2.67. The molecule has 0 rings (SSSR count). The molecule has 0 bridgehead atoms. The fraction of sp³-hybridized carbons (Fsp3) is 0.500. The van der Waals surface area contributed by atoms with Crippen LogP contribution in [0, 0.1) is 22.7 Å². The van der Waals surface area contributed by atoms with Crippen molar-refractivity contribution in [2.45, 2.75) is 25.8 Å². The van der Waals surface area contributed by atoms with Crippen molar-refractivity contribution in [3.05, 3.63) is 11.6 Å². The van der Waals surface area contributed by atoms with Crippen LogP contribution in [0.5, 0.6) is 0 Å². The third-order valence-electron chi connectivity index (χ3n) is 1.42. The Labute approximate surface area is 99.9 Å². The van der Waals surface area contributed by atoms with Gasteiger partial charge < -0.3 is 5.41 Å². The minimum absolute atomic E-state index is 0.0344. The molecule has 0 aliphatic rings. The second-order valence-corrected chi connectivity index (χ2v) is 4.63. The number of hydrogen-bond acceptors (Lipinski definition) is 3. The van der Waals surface area contributed by atoms with E-state index in [9.17, 15) is 0 Å². The molecule has 0 amide bonds. The Bertz CT molecular complexity index is 335. The van der Waals surface area contributed by atoms with Gasteiger partial charge in [-0.1, -0.05) is 43.1 Å². The molecule has 0 aliphatic heterocycles. The molecule has 15 heavy (non-hydrogen) atoms. The first-order valence-electron chi connectivity index (χ1n) is 4.40. The topological polar surface area (TPSA) is 60.0 Å². The van der Waals surface area contributed by atoms with E-state index in [4.69, 9.17) is 33.9 Å². The van der Waals surface area contributed by atoms with E-state index in [1.54, 1.807) is 6.08 Å². The molecule has 0 heterocycles. The predicted octanol–water partition coefficient (Wildman–Crippen LogP) is 3.33. The second-order valence-electron chi connectivity index (χ2n) is 3.51. The lowest BCUT2D eigenvalue weighted by Crippen LogP contribution is -2.16. The van der Waals surface area contributed by atoms with E-state index in [1.807, 2.05) is 19.9 Å². The third kappa shape index (κ3) is 5.56. The van der Waals surface area contributed by atoms with Crippen LogP contribution in [0.4, 0.5) is 0 Å². The van der Waals surface area contributed by atoms with Gasteiger partial charge in [-0.05, 0) is 12.8 Å². The summed E-state index contributed by atoms with van der Waals surface area (Å²) in [6.45, 7) is 5.38. The van der Waals surface area contributed by atoms with Gasteiger partial charge in [-0.2, -0.15) is 5.26 Å². The molecule has 0 aromatic carbocycles. The van der Waals surface area contributed by atoms with Crippen molar-refractivity contribution in [1.82, 2.24) is 0 Å². The highest BCUT2D eigenvalue weighted by atomic mass is 35.5. The smallest absolute Gasteiger partial charge is 0.167 e. The maximum absolute atomic E-state index is 8.83. The van der Waals surface area contributed by atoms with Crippen molar-refractivity contribution in [2.24, 2.45) is 10.9 Å². The predicted molar refractivity (Wildman–Crippen MR) is 64.9 cm³/mol. The Morgan fingerprint density at radius 2 is 2.13 bits per heavy atom. The van der Waals surface area contributed by atoms with Crippen LogP contribution in [0.25, 0.3) is 0 Å². The number of rotatable bonds is 4. The van der Waals surface area contributed by atoms with Crippen molar-refractivity contribution in [3.63, 3.8) is 0 Å². The van der Waals surface area contributed by atoms with Gasteiger partial charge in [-0.3, -0.25) is 0 Å². The van der Waals surface area contributed by atoms with Crippen molar-refractivity contribution in [2.75, 3.05) is 0 Å². The quantitative estimate of drug-likeness (QED) is 0.351. The summed E-state index contributed by atoms with van der Waals surface area (Å²) >= 11 is 11.6. The molecular weight excluding hydrogens is 233 g/mol. The van der Waals surface area contributed by atoms with Gasteiger partial charge in [0.05, 0.1) is 5.57 Å². The van der Waals surface area contributed by atoms with Crippen molar-refractivity contribution >= 4 is 34.6 Å². The second kappa shape index (κ2) is 5.89. The third-order valence-corrected chi connectivity index (χ3v) is 1.90. The van der Waals surface area contributed by atoms with Crippen LogP contribution in [0.2, 0.25) is 0 Å². The molecule has 1 N–H and O–H groups in total. The zero-order valence-corrected chi connectivity index (χ0v) is 10.4. The average Bonchev–Trinajstić information content (AvgIpc) is 2.13. The lowest BCUT2D eigenvalue weighted by atomic mass is 10.1. The lowest BCUT2D eigenvalue weighted by molar-refractivity contribution is 0.828. The van der Waals surface area contributed by atoms with E-state index in [1.165, 1.54) is 6.92 Å². The number of nitrogens with zero attached hydrogens (tertiary/aromatic N) is 2. The van der Waals surface area contributed by atoms with Crippen LogP contribution in [-0.2, 0) is 0 Å². The first kappa shape index (κ1) is 14.2. The summed E-state index contributed by atoms with van der Waals surface area (Å²) < 4.78 is 0. The van der Waals surface area contributed by atoms with Gasteiger partial charge in [0.15, 0.2) is 5.00 Å². The van der Waals surface area contributed by atoms with E-state index >= 15 is 0 Å². The van der Waals surface area contributed by atoms with Gasteiger partial charge in [0.25, 0.3) is 0 Å². The molecule has 0 spiro atoms. The average molecular weight is 246 g/mol. The van der Waals surface area contributed by atoms with Gasteiger partial charge >= 0.3 is 0 Å². The zero-order valence-electron chi connectivity index (χ0n) is 8.88. The molecule has 0 aromatic rings. The highest BCUT2D eigenvalue weighted by Gasteiger charge is 2.17. The van der Waals surface area contributed by atoms with Crippen molar-refractivity contribution < 1.29 is 0 Å². The van der Waals surface area contributed by atoms with Gasteiger partial charge in [-0.15, -0.1) is 0 Å². The van der Waals surface area contributed by atoms with Crippen LogP contribution < -0.4 is 0 Å². The Balaban J connectivity index is 5.07. The molecule has 0 aliphatic carbocycles. The van der Waals surface area contributed by atoms with E-state index < -0.39 is 5.00 Å². The van der Waals surface area contributed by atoms with Crippen LogP contribution in [-0.4, -0.2) is 16.4 Å². The number of halogens is 2. The van der Waals surface area contributed by atoms with Gasteiger partial charge in [-0.25, -0.2) is 4.99 Å². The Morgan fingerprint density at radius 3 is 2.47 bits per heavy atom. The standard InChI is InChI=1S/C10H13Cl2N3/c1-7(2)4-8(5-13)9(11)15-10(3,12)6-14/h4,6-7,14H,1-3H3/b8-4-,14-6?,15-9+. The molecule has 3 nitrogen and oxygen atoms in total. The molecule has 0 saturated heterocycles. The largest absolute Gasteiger partial charge is 0.309 e. The molecule has 0 aromatic heterocycles. The number of hydrogen-bond donors (Lipinski definition) is 1. The Hall–Kier alpha value is -0.850. The molecule has 5 heteroatoms. The van der Waals surface area contributed by atoms with E-state index in [-0.39, 0.29) is 16.7 Å². The van der Waals surface area contributed by atoms with E-state index in [0.29, 0.717) is 0 Å². The summed E-state index contributed by atoms with van der Waals surface area (Å²) in [6.07, 6.45) is 2.66. The first-order chi connectivity index (χ1) is 6.82. The minimum atomic E-state index is -1.19. The minimum Gasteiger partial charge on any atom is -0.309 e. The number of aliphatic imine (C=N–C) groups is 1. The number of alkyl halides is 1. The van der Waals surface area contributed by atoms with E-state index in [2.05, 4.69) is 4.99 Å². The molecule has 1 unspecified atom stereocenters.